The number of thiazole rings is 6. The molecule has 12 rings (SSSR count). The molecule has 34 heteroatoms. The lowest BCUT2D eigenvalue weighted by molar-refractivity contribution is -0.143. The minimum atomic E-state index is -1.44. The van der Waals surface area contributed by atoms with E-state index in [1.807, 2.05) is 6.92 Å². The highest BCUT2D eigenvalue weighted by atomic mass is 32.1. The third-order valence-electron chi connectivity index (χ3n) is 17.2. The molecule has 2 aromatic carbocycles. The summed E-state index contributed by atoms with van der Waals surface area (Å²) in [5.74, 6) is -5.89. The van der Waals surface area contributed by atoms with Gasteiger partial charge >= 0.3 is 5.97 Å². The number of aliphatic hydroxyl groups is 2. The zero-order valence-corrected chi connectivity index (χ0v) is 59.3. The molecular formula is C67H68N14O14S6. The number of nitrogens with zero attached hydrogens (tertiary/aromatic N) is 8. The second-order valence-corrected chi connectivity index (χ2v) is 29.7. The van der Waals surface area contributed by atoms with Crippen LogP contribution in [0, 0.1) is 18.8 Å². The van der Waals surface area contributed by atoms with Crippen molar-refractivity contribution in [3.05, 3.63) is 147 Å². The first kappa shape index (κ1) is 71.6. The van der Waals surface area contributed by atoms with Crippen LogP contribution in [-0.4, -0.2) is 167 Å². The monoisotopic (exact) mass is 1480 g/mol. The molecule has 526 valence electrons. The predicted octanol–water partition coefficient (Wildman–Crippen LogP) is 7.11. The lowest BCUT2D eigenvalue weighted by Crippen LogP contribution is -2.50. The SMILES string of the molecule is COCCOCCNC(=O)COc1ccc(C[C@@H]2NC(=O)c3csc(n3)C([C@H](O)c3ccccc3)NC(=O)c3nc(sc3C)[C@H](CC(N)=O)NC(=O)c3csc(n3)-c3ccc(-c4nc(C(=O)NC5CCC(C(=O)O)CC5)cs4)nc3-c3csc(n3)-c3csc(n3)[C@@H]3[C@@H](C)[C@@H](O)CN3C2=O)cc1. The van der Waals surface area contributed by atoms with Gasteiger partial charge in [-0.15, -0.1) is 68.0 Å². The van der Waals surface area contributed by atoms with Crippen LogP contribution in [-0.2, 0) is 35.1 Å². The molecule has 2 aliphatic heterocycles. The Kier molecular flexibility index (Phi) is 22.8. The number of benzene rings is 2. The molecule has 7 atom stereocenters. The number of hydrogen-bond acceptors (Lipinski definition) is 26. The number of primary amides is 1. The van der Waals surface area contributed by atoms with Crippen LogP contribution in [0.1, 0.15) is 136 Å². The van der Waals surface area contributed by atoms with E-state index < -0.39 is 96.0 Å². The standard InChI is InChI=1S/C67H68N14O14S6/c1-32-48(82)25-81-54(32)65-78-47(31-100-65)62-74-43(27-97-62)52-39(17-18-40(71-52)61-76-44(29-98-61)56(86)70-37-13-11-36(12-14-37)67(91)92)60-75-45(28-96-60)57(87)72-41(24-49(68)83)63-80-51(33(2)101-63)59(89)79-53(55(85)35-7-5-4-6-8-35)64-77-46(30-99-64)58(88)73-42(66(81)90)23-34-9-15-38(16-10-34)95-26-50(84)69-19-20-94-22-21-93-3/h4-10,15-18,27-32,36-37,41-42,48,53-55,82,85H,11-14,19-26H2,1-3H3,(H2,68,83)(H,69,84)(H,70,86)(H,72,87)(H,73,88)(H,79,89)(H,91,92)/t32-,36?,37?,41-,42-,48-,53?,54-,55+/m0/s1. The second-order valence-electron chi connectivity index (χ2n) is 24.1. The molecule has 1 unspecified atom stereocenters. The van der Waals surface area contributed by atoms with Gasteiger partial charge in [0.25, 0.3) is 29.5 Å². The Morgan fingerprint density at radius 2 is 1.37 bits per heavy atom. The highest BCUT2D eigenvalue weighted by Crippen LogP contribution is 2.43. The predicted molar refractivity (Wildman–Crippen MR) is 376 cm³/mol. The molecule has 0 radical (unpaired) electrons. The van der Waals surface area contributed by atoms with E-state index in [-0.39, 0.29) is 77.5 Å². The zero-order valence-electron chi connectivity index (χ0n) is 54.4. The van der Waals surface area contributed by atoms with Gasteiger partial charge in [-0.2, -0.15) is 0 Å². The first-order valence-corrected chi connectivity index (χ1v) is 37.3. The third kappa shape index (κ3) is 16.9. The van der Waals surface area contributed by atoms with E-state index in [2.05, 4.69) is 41.5 Å². The maximum absolute atomic E-state index is 15.5. The summed E-state index contributed by atoms with van der Waals surface area (Å²) in [6.45, 7) is 4.37. The van der Waals surface area contributed by atoms with Crippen molar-refractivity contribution in [3.8, 4) is 49.1 Å². The number of amides is 7. The Hall–Kier alpha value is -9.23. The molecule has 10 bridgehead atoms. The second kappa shape index (κ2) is 32.2. The van der Waals surface area contributed by atoms with E-state index in [1.54, 1.807) is 96.9 Å². The smallest absolute Gasteiger partial charge is 0.306 e. The number of ether oxygens (including phenoxy) is 3. The number of nitrogens with one attached hydrogen (secondary N) is 5. The van der Waals surface area contributed by atoms with E-state index in [9.17, 15) is 48.9 Å². The fraction of sp³-hybridized carbons (Fsp3) is 0.358. The Morgan fingerprint density at radius 3 is 2.12 bits per heavy atom. The van der Waals surface area contributed by atoms with Gasteiger partial charge in [-0.1, -0.05) is 49.4 Å². The molecule has 1 saturated heterocycles. The van der Waals surface area contributed by atoms with E-state index in [0.717, 1.165) is 34.0 Å². The van der Waals surface area contributed by atoms with Crippen molar-refractivity contribution in [1.29, 1.82) is 0 Å². The van der Waals surface area contributed by atoms with Crippen molar-refractivity contribution in [2.24, 2.45) is 17.6 Å². The fourth-order valence-corrected chi connectivity index (χ4v) is 17.1. The summed E-state index contributed by atoms with van der Waals surface area (Å²) in [7, 11) is 1.56. The van der Waals surface area contributed by atoms with Gasteiger partial charge < -0.3 is 66.7 Å². The van der Waals surface area contributed by atoms with Gasteiger partial charge in [0.05, 0.1) is 56.0 Å². The van der Waals surface area contributed by atoms with Gasteiger partial charge in [-0.25, -0.2) is 34.9 Å². The van der Waals surface area contributed by atoms with Crippen LogP contribution < -0.4 is 37.1 Å². The summed E-state index contributed by atoms with van der Waals surface area (Å²) in [4.78, 5) is 146. The maximum atomic E-state index is 15.5. The van der Waals surface area contributed by atoms with Gasteiger partial charge in [-0.05, 0) is 68.0 Å². The van der Waals surface area contributed by atoms with Crippen LogP contribution in [0.2, 0.25) is 0 Å². The quantitative estimate of drug-likeness (QED) is 0.0364. The number of aromatic nitrogens is 7. The molecule has 9 heterocycles. The van der Waals surface area contributed by atoms with Crippen molar-refractivity contribution >= 4 is 115 Å². The number of aryl methyl sites for hydroxylation is 1. The van der Waals surface area contributed by atoms with Crippen molar-refractivity contribution < 1.29 is 67.9 Å². The van der Waals surface area contributed by atoms with Crippen molar-refractivity contribution in [3.63, 3.8) is 0 Å². The molecule has 101 heavy (non-hydrogen) atoms. The van der Waals surface area contributed by atoms with Gasteiger partial charge in [0, 0.05) is 75.9 Å². The summed E-state index contributed by atoms with van der Waals surface area (Å²) in [6, 6.07) is 13.8. The third-order valence-corrected chi connectivity index (χ3v) is 22.7. The van der Waals surface area contributed by atoms with E-state index in [4.69, 9.17) is 39.9 Å². The van der Waals surface area contributed by atoms with Crippen LogP contribution in [0.25, 0.3) is 43.4 Å². The van der Waals surface area contributed by atoms with Crippen LogP contribution in [0.4, 0.5) is 0 Å². The van der Waals surface area contributed by atoms with Crippen molar-refractivity contribution in [2.75, 3.05) is 46.6 Å². The lowest BCUT2D eigenvalue weighted by Gasteiger charge is -2.29. The molecule has 2 fully saturated rings. The van der Waals surface area contributed by atoms with Crippen molar-refractivity contribution in [2.45, 2.75) is 94.8 Å². The maximum Gasteiger partial charge on any atom is 0.306 e. The molecule has 1 aliphatic carbocycles. The number of aliphatic carboxylic acids is 1. The molecule has 28 nitrogen and oxygen atoms in total. The number of pyridine rings is 1. The first-order valence-electron chi connectivity index (χ1n) is 32.0. The highest BCUT2D eigenvalue weighted by molar-refractivity contribution is 7.15. The number of carboxylic acid groups (broad SMARTS) is 1. The summed E-state index contributed by atoms with van der Waals surface area (Å²) in [5, 5.41) is 57.8. The molecule has 0 spiro atoms. The number of nitrogens with two attached hydrogens (primary N) is 1. The minimum Gasteiger partial charge on any atom is -0.484 e. The number of carbonyl (C=O) groups excluding carboxylic acids is 7. The molecular weight excluding hydrogens is 1420 g/mol. The normalized spacial score (nSPS) is 20.6. The Labute approximate surface area is 601 Å². The number of fused-ring (bicyclic) bond motifs is 16. The first-order chi connectivity index (χ1) is 48.7. The van der Waals surface area contributed by atoms with Crippen LogP contribution in [0.5, 0.6) is 5.75 Å². The molecule has 7 amide bonds. The summed E-state index contributed by atoms with van der Waals surface area (Å²) in [5.41, 5.74) is 8.60. The number of hydrogen-bond donors (Lipinski definition) is 9. The van der Waals surface area contributed by atoms with Gasteiger partial charge in [-0.3, -0.25) is 38.4 Å². The number of rotatable bonds is 19. The molecule has 3 aliphatic rings. The number of methoxy groups -OCH3 is 1. The van der Waals surface area contributed by atoms with Crippen LogP contribution in [0.3, 0.4) is 0 Å². The summed E-state index contributed by atoms with van der Waals surface area (Å²) >= 11 is 6.84. The van der Waals surface area contributed by atoms with Crippen molar-refractivity contribution in [1.82, 2.24) is 66.4 Å². The van der Waals surface area contributed by atoms with Crippen LogP contribution in [0.15, 0.2) is 93.6 Å². The van der Waals surface area contributed by atoms with E-state index in [0.29, 0.717) is 109 Å². The molecule has 9 aromatic rings. The summed E-state index contributed by atoms with van der Waals surface area (Å²) in [6.07, 6.45) is -1.04. The fourth-order valence-electron chi connectivity index (χ4n) is 11.8. The number of carboxylic acids is 1. The minimum absolute atomic E-state index is 0.0407. The molecule has 10 N–H and O–H groups in total. The zero-order chi connectivity index (χ0) is 71.0. The van der Waals surface area contributed by atoms with Gasteiger partial charge in [0.15, 0.2) is 6.61 Å². The molecule has 1 saturated carbocycles. The van der Waals surface area contributed by atoms with Gasteiger partial charge in [0.1, 0.15) is 93.8 Å². The Balaban J connectivity index is 0.898. The van der Waals surface area contributed by atoms with E-state index >= 15 is 4.79 Å². The largest absolute Gasteiger partial charge is 0.484 e. The number of aliphatic hydroxyl groups excluding tert-OH is 2. The lowest BCUT2D eigenvalue weighted by atomic mass is 9.86. The Morgan fingerprint density at radius 1 is 0.693 bits per heavy atom. The van der Waals surface area contributed by atoms with Gasteiger partial charge in [0.2, 0.25) is 11.8 Å². The topological polar surface area (TPSA) is 405 Å². The Bertz CT molecular complexity index is 4510. The van der Waals surface area contributed by atoms with Crippen LogP contribution >= 0.6 is 68.0 Å². The number of carbonyl (C=O) groups is 8. The van der Waals surface area contributed by atoms with E-state index in [1.165, 1.54) is 49.7 Å². The highest BCUT2D eigenvalue weighted by Gasteiger charge is 2.46. The average Bonchev–Trinajstić information content (AvgIpc) is 1.53. The average molecular weight is 1490 g/mol. The molecule has 7 aromatic heterocycles. The summed E-state index contributed by atoms with van der Waals surface area (Å²) < 4.78 is 16.2.